The van der Waals surface area contributed by atoms with Gasteiger partial charge >= 0.3 is 0 Å². The molecule has 0 saturated carbocycles. The summed E-state index contributed by atoms with van der Waals surface area (Å²) >= 11 is 0. The Labute approximate surface area is 106 Å². The van der Waals surface area contributed by atoms with Crippen molar-refractivity contribution < 1.29 is 5.11 Å². The largest absolute Gasteiger partial charge is 0.396 e. The van der Waals surface area contributed by atoms with Gasteiger partial charge in [0.2, 0.25) is 0 Å². The van der Waals surface area contributed by atoms with E-state index in [1.807, 2.05) is 0 Å². The van der Waals surface area contributed by atoms with Gasteiger partial charge in [0.25, 0.3) is 0 Å². The number of unbranched alkanes of at least 4 members (excludes halogenated alkanes) is 1. The van der Waals surface area contributed by atoms with Gasteiger partial charge in [-0.25, -0.2) is 0 Å². The Kier molecular flexibility index (Phi) is 5.89. The molecule has 0 aromatic heterocycles. The molecule has 0 saturated heterocycles. The monoisotopic (exact) mass is 251 g/mol. The minimum Gasteiger partial charge on any atom is -0.396 e. The first-order chi connectivity index (χ1) is 8.04. The van der Waals surface area contributed by atoms with Crippen LogP contribution in [0.1, 0.15) is 18.4 Å². The molecule has 0 unspecified atom stereocenters. The van der Waals surface area contributed by atoms with Gasteiger partial charge in [0.1, 0.15) is 0 Å². The summed E-state index contributed by atoms with van der Waals surface area (Å²) in [5.41, 5.74) is 1.34. The highest BCUT2D eigenvalue weighted by Gasteiger charge is 2.15. The molecule has 0 aliphatic carbocycles. The van der Waals surface area contributed by atoms with Crippen LogP contribution in [0.5, 0.6) is 0 Å². The van der Waals surface area contributed by atoms with Gasteiger partial charge in [0.15, 0.2) is 0 Å². The van der Waals surface area contributed by atoms with Crippen LogP contribution in [0.15, 0.2) is 24.3 Å². The van der Waals surface area contributed by atoms with E-state index in [4.69, 9.17) is 5.11 Å². The maximum Gasteiger partial charge on any atom is 0.0775 e. The van der Waals surface area contributed by atoms with Crippen LogP contribution in [-0.2, 0) is 6.54 Å². The normalized spacial score (nSPS) is 11.8. The minimum absolute atomic E-state index is 0.298. The summed E-state index contributed by atoms with van der Waals surface area (Å²) in [7, 11) is -1.15. The van der Waals surface area contributed by atoms with Crippen LogP contribution in [0, 0.1) is 0 Å². The molecule has 0 aliphatic rings. The first kappa shape index (κ1) is 14.4. The predicted octanol–water partition coefficient (Wildman–Crippen LogP) is 2.09. The van der Waals surface area contributed by atoms with Crippen LogP contribution in [0.4, 0.5) is 0 Å². The Morgan fingerprint density at radius 3 is 2.24 bits per heavy atom. The highest BCUT2D eigenvalue weighted by Crippen LogP contribution is 2.04. The van der Waals surface area contributed by atoms with Crippen LogP contribution >= 0.6 is 0 Å². The van der Waals surface area contributed by atoms with E-state index in [1.54, 1.807) is 0 Å². The van der Waals surface area contributed by atoms with E-state index in [0.717, 1.165) is 25.9 Å². The summed E-state index contributed by atoms with van der Waals surface area (Å²) < 4.78 is 0. The Morgan fingerprint density at radius 1 is 1.06 bits per heavy atom. The molecule has 96 valence electrons. The standard InChI is InChI=1S/C14H25NOSi/c1-17(2,3)14-8-6-13(7-9-14)12-15-10-4-5-11-16/h6-9,15-16H,4-5,10-12H2,1-3H3. The lowest BCUT2D eigenvalue weighted by Gasteiger charge is -2.16. The van der Waals surface area contributed by atoms with E-state index >= 15 is 0 Å². The first-order valence-electron chi connectivity index (χ1n) is 6.45. The molecular formula is C14H25NOSi. The second-order valence-electron chi connectivity index (χ2n) is 5.55. The van der Waals surface area contributed by atoms with Crippen LogP contribution in [0.3, 0.4) is 0 Å². The molecule has 0 spiro atoms. The summed E-state index contributed by atoms with van der Waals surface area (Å²) in [5.74, 6) is 0. The van der Waals surface area contributed by atoms with Gasteiger partial charge in [-0.1, -0.05) is 49.1 Å². The molecule has 1 aromatic rings. The Hall–Kier alpha value is -0.643. The smallest absolute Gasteiger partial charge is 0.0775 e. The number of benzene rings is 1. The third kappa shape index (κ3) is 5.48. The van der Waals surface area contributed by atoms with E-state index in [2.05, 4.69) is 49.2 Å². The van der Waals surface area contributed by atoms with Crippen molar-refractivity contribution in [3.63, 3.8) is 0 Å². The maximum absolute atomic E-state index is 8.67. The van der Waals surface area contributed by atoms with E-state index in [9.17, 15) is 0 Å². The number of aliphatic hydroxyl groups is 1. The second-order valence-corrected chi connectivity index (χ2v) is 10.6. The van der Waals surface area contributed by atoms with Crippen molar-refractivity contribution in [2.45, 2.75) is 39.0 Å². The van der Waals surface area contributed by atoms with E-state index in [1.165, 1.54) is 10.8 Å². The van der Waals surface area contributed by atoms with Gasteiger partial charge in [0, 0.05) is 13.2 Å². The van der Waals surface area contributed by atoms with Gasteiger partial charge in [-0.05, 0) is 24.9 Å². The number of aliphatic hydroxyl groups excluding tert-OH is 1. The molecule has 1 rings (SSSR count). The van der Waals surface area contributed by atoms with Crippen LogP contribution in [-0.4, -0.2) is 26.3 Å². The molecule has 0 heterocycles. The fourth-order valence-corrected chi connectivity index (χ4v) is 2.88. The predicted molar refractivity (Wildman–Crippen MR) is 77.4 cm³/mol. The second kappa shape index (κ2) is 6.94. The van der Waals surface area contributed by atoms with E-state index in [0.29, 0.717) is 6.61 Å². The van der Waals surface area contributed by atoms with Crippen molar-refractivity contribution in [1.29, 1.82) is 0 Å². The van der Waals surface area contributed by atoms with Crippen molar-refractivity contribution in [3.8, 4) is 0 Å². The zero-order chi connectivity index (χ0) is 12.7. The fourth-order valence-electron chi connectivity index (χ4n) is 1.72. The Bertz CT molecular complexity index is 316. The van der Waals surface area contributed by atoms with Crippen LogP contribution in [0.25, 0.3) is 0 Å². The molecule has 0 amide bonds. The van der Waals surface area contributed by atoms with Crippen molar-refractivity contribution in [1.82, 2.24) is 5.32 Å². The summed E-state index contributed by atoms with van der Waals surface area (Å²) in [6.45, 7) is 9.32. The molecular weight excluding hydrogens is 226 g/mol. The minimum atomic E-state index is -1.15. The molecule has 0 fully saturated rings. The van der Waals surface area contributed by atoms with Crippen molar-refractivity contribution in [2.24, 2.45) is 0 Å². The molecule has 2 N–H and O–H groups in total. The average molecular weight is 251 g/mol. The highest BCUT2D eigenvalue weighted by atomic mass is 28.3. The first-order valence-corrected chi connectivity index (χ1v) is 9.95. The molecule has 0 radical (unpaired) electrons. The van der Waals surface area contributed by atoms with Crippen molar-refractivity contribution in [2.75, 3.05) is 13.2 Å². The number of hydrogen-bond acceptors (Lipinski definition) is 2. The van der Waals surface area contributed by atoms with Gasteiger partial charge in [-0.15, -0.1) is 0 Å². The Balaban J connectivity index is 2.36. The lowest BCUT2D eigenvalue weighted by atomic mass is 10.2. The average Bonchev–Trinajstić information content (AvgIpc) is 2.28. The summed E-state index contributed by atoms with van der Waals surface area (Å²) in [6.07, 6.45) is 1.94. The van der Waals surface area contributed by atoms with Crippen LogP contribution < -0.4 is 10.5 Å². The summed E-state index contributed by atoms with van der Waals surface area (Å²) in [5, 5.41) is 13.6. The molecule has 0 aliphatic heterocycles. The molecule has 0 atom stereocenters. The zero-order valence-corrected chi connectivity index (χ0v) is 12.3. The van der Waals surface area contributed by atoms with Gasteiger partial charge in [0.05, 0.1) is 8.07 Å². The number of hydrogen-bond donors (Lipinski definition) is 2. The molecule has 0 bridgehead atoms. The number of rotatable bonds is 7. The van der Waals surface area contributed by atoms with Gasteiger partial charge in [-0.2, -0.15) is 0 Å². The van der Waals surface area contributed by atoms with E-state index in [-0.39, 0.29) is 0 Å². The van der Waals surface area contributed by atoms with Crippen molar-refractivity contribution >= 4 is 13.3 Å². The van der Waals surface area contributed by atoms with Crippen LogP contribution in [0.2, 0.25) is 19.6 Å². The SMILES string of the molecule is C[Si](C)(C)c1ccc(CNCCCCO)cc1. The molecule has 1 aromatic carbocycles. The topological polar surface area (TPSA) is 32.3 Å². The van der Waals surface area contributed by atoms with E-state index < -0.39 is 8.07 Å². The summed E-state index contributed by atoms with van der Waals surface area (Å²) in [6, 6.07) is 9.01. The third-order valence-electron chi connectivity index (χ3n) is 2.91. The highest BCUT2D eigenvalue weighted by molar-refractivity contribution is 6.88. The number of nitrogens with one attached hydrogen (secondary N) is 1. The molecule has 2 nitrogen and oxygen atoms in total. The Morgan fingerprint density at radius 2 is 1.71 bits per heavy atom. The fraction of sp³-hybridized carbons (Fsp3) is 0.571. The quantitative estimate of drug-likeness (QED) is 0.574. The third-order valence-corrected chi connectivity index (χ3v) is 4.98. The maximum atomic E-state index is 8.67. The molecule has 17 heavy (non-hydrogen) atoms. The lowest BCUT2D eigenvalue weighted by Crippen LogP contribution is -2.37. The van der Waals surface area contributed by atoms with Gasteiger partial charge < -0.3 is 10.4 Å². The summed E-state index contributed by atoms with van der Waals surface area (Å²) in [4.78, 5) is 0. The zero-order valence-electron chi connectivity index (χ0n) is 11.3. The van der Waals surface area contributed by atoms with Gasteiger partial charge in [-0.3, -0.25) is 0 Å². The molecule has 3 heteroatoms. The lowest BCUT2D eigenvalue weighted by molar-refractivity contribution is 0.283. The van der Waals surface area contributed by atoms with Crippen molar-refractivity contribution in [3.05, 3.63) is 29.8 Å².